The fraction of sp³-hybridized carbons (Fsp3) is 0.500. The van der Waals surface area contributed by atoms with Crippen molar-refractivity contribution in [3.8, 4) is 5.75 Å². The molecule has 90 valence electrons. The molecule has 0 saturated carbocycles. The van der Waals surface area contributed by atoms with Crippen LogP contribution in [-0.2, 0) is 11.4 Å². The highest BCUT2D eigenvalue weighted by atomic mass is 79.9. The average Bonchev–Trinajstić information content (AvgIpc) is 2.24. The molecule has 4 heteroatoms. The largest absolute Gasteiger partial charge is 0.496 e. The third-order valence-corrected chi connectivity index (χ3v) is 3.03. The second-order valence-electron chi connectivity index (χ2n) is 3.87. The van der Waals surface area contributed by atoms with Gasteiger partial charge in [-0.2, -0.15) is 5.48 Å². The number of halogens is 1. The van der Waals surface area contributed by atoms with Crippen LogP contribution in [0.25, 0.3) is 0 Å². The average molecular weight is 288 g/mol. The van der Waals surface area contributed by atoms with Crippen LogP contribution < -0.4 is 10.2 Å². The Morgan fingerprint density at radius 1 is 1.31 bits per heavy atom. The highest BCUT2D eigenvalue weighted by Crippen LogP contribution is 2.34. The van der Waals surface area contributed by atoms with Gasteiger partial charge in [-0.1, -0.05) is 29.8 Å². The first-order valence-electron chi connectivity index (χ1n) is 5.22. The SMILES string of the molecule is CONCc1cc(Br)c(C(C)C)c(OC)c1. The van der Waals surface area contributed by atoms with Crippen LogP contribution in [0.3, 0.4) is 0 Å². The summed E-state index contributed by atoms with van der Waals surface area (Å²) in [5.74, 6) is 1.34. The maximum absolute atomic E-state index is 5.41. The zero-order valence-electron chi connectivity index (χ0n) is 10.1. The summed E-state index contributed by atoms with van der Waals surface area (Å²) in [5.41, 5.74) is 5.13. The number of benzene rings is 1. The molecule has 0 aliphatic rings. The monoisotopic (exact) mass is 287 g/mol. The van der Waals surface area contributed by atoms with Crippen molar-refractivity contribution in [2.75, 3.05) is 14.2 Å². The molecule has 1 N–H and O–H groups in total. The van der Waals surface area contributed by atoms with E-state index < -0.39 is 0 Å². The summed E-state index contributed by atoms with van der Waals surface area (Å²) < 4.78 is 6.49. The summed E-state index contributed by atoms with van der Waals surface area (Å²) in [6, 6.07) is 4.12. The number of nitrogens with one attached hydrogen (secondary N) is 1. The Labute approximate surface area is 105 Å². The summed E-state index contributed by atoms with van der Waals surface area (Å²) in [6.45, 7) is 4.95. The minimum absolute atomic E-state index is 0.425. The van der Waals surface area contributed by atoms with Gasteiger partial charge in [0.15, 0.2) is 0 Å². The molecule has 16 heavy (non-hydrogen) atoms. The second-order valence-corrected chi connectivity index (χ2v) is 4.73. The molecule has 0 aliphatic heterocycles. The molecule has 0 radical (unpaired) electrons. The molecule has 0 unspecified atom stereocenters. The van der Waals surface area contributed by atoms with E-state index >= 15 is 0 Å². The lowest BCUT2D eigenvalue weighted by Crippen LogP contribution is -2.11. The first-order chi connectivity index (χ1) is 7.60. The molecule has 0 heterocycles. The Morgan fingerprint density at radius 2 is 2.00 bits per heavy atom. The summed E-state index contributed by atoms with van der Waals surface area (Å²) >= 11 is 3.58. The van der Waals surface area contributed by atoms with E-state index in [1.165, 1.54) is 5.56 Å². The molecule has 0 saturated heterocycles. The Bertz CT molecular complexity index is 353. The van der Waals surface area contributed by atoms with Gasteiger partial charge in [0.2, 0.25) is 0 Å². The van der Waals surface area contributed by atoms with Gasteiger partial charge in [-0.05, 0) is 23.6 Å². The Kier molecular flexibility index (Phi) is 5.25. The molecule has 0 atom stereocenters. The van der Waals surface area contributed by atoms with Gasteiger partial charge in [0.05, 0.1) is 14.2 Å². The number of hydrogen-bond acceptors (Lipinski definition) is 3. The summed E-state index contributed by atoms with van der Waals surface area (Å²) in [5, 5.41) is 0. The van der Waals surface area contributed by atoms with Crippen LogP contribution >= 0.6 is 15.9 Å². The van der Waals surface area contributed by atoms with Crippen molar-refractivity contribution >= 4 is 15.9 Å². The summed E-state index contributed by atoms with van der Waals surface area (Å²) in [7, 11) is 3.30. The van der Waals surface area contributed by atoms with Crippen molar-refractivity contribution in [2.24, 2.45) is 0 Å². The van der Waals surface area contributed by atoms with Crippen molar-refractivity contribution in [1.82, 2.24) is 5.48 Å². The number of hydroxylamine groups is 1. The fourth-order valence-electron chi connectivity index (χ4n) is 1.63. The quantitative estimate of drug-likeness (QED) is 0.844. The zero-order chi connectivity index (χ0) is 12.1. The van der Waals surface area contributed by atoms with Gasteiger partial charge in [-0.3, -0.25) is 0 Å². The smallest absolute Gasteiger partial charge is 0.123 e. The lowest BCUT2D eigenvalue weighted by Gasteiger charge is -2.16. The van der Waals surface area contributed by atoms with Gasteiger partial charge in [0.25, 0.3) is 0 Å². The van der Waals surface area contributed by atoms with Crippen LogP contribution in [0.15, 0.2) is 16.6 Å². The van der Waals surface area contributed by atoms with Crippen molar-refractivity contribution in [3.63, 3.8) is 0 Å². The maximum atomic E-state index is 5.41. The summed E-state index contributed by atoms with van der Waals surface area (Å²) in [4.78, 5) is 4.83. The predicted octanol–water partition coefficient (Wildman–Crippen LogP) is 3.23. The van der Waals surface area contributed by atoms with Gasteiger partial charge >= 0.3 is 0 Å². The topological polar surface area (TPSA) is 30.5 Å². The first-order valence-corrected chi connectivity index (χ1v) is 6.01. The first kappa shape index (κ1) is 13.5. The van der Waals surface area contributed by atoms with E-state index in [1.807, 2.05) is 6.07 Å². The second kappa shape index (κ2) is 6.23. The lowest BCUT2D eigenvalue weighted by molar-refractivity contribution is 0.0866. The van der Waals surface area contributed by atoms with Crippen molar-refractivity contribution in [1.29, 1.82) is 0 Å². The number of ether oxygens (including phenoxy) is 1. The molecule has 0 aromatic heterocycles. The van der Waals surface area contributed by atoms with Gasteiger partial charge in [0.1, 0.15) is 5.75 Å². The van der Waals surface area contributed by atoms with Gasteiger partial charge in [-0.15, -0.1) is 0 Å². The van der Waals surface area contributed by atoms with Crippen LogP contribution in [0.4, 0.5) is 0 Å². The van der Waals surface area contributed by atoms with Crippen LogP contribution in [0.1, 0.15) is 30.9 Å². The predicted molar refractivity (Wildman–Crippen MR) is 68.6 cm³/mol. The van der Waals surface area contributed by atoms with E-state index in [0.717, 1.165) is 15.8 Å². The molecule has 0 amide bonds. The third-order valence-electron chi connectivity index (χ3n) is 2.37. The minimum atomic E-state index is 0.425. The van der Waals surface area contributed by atoms with Gasteiger partial charge < -0.3 is 9.57 Å². The highest BCUT2D eigenvalue weighted by molar-refractivity contribution is 9.10. The maximum Gasteiger partial charge on any atom is 0.123 e. The van der Waals surface area contributed by atoms with E-state index in [0.29, 0.717) is 12.5 Å². The van der Waals surface area contributed by atoms with E-state index in [-0.39, 0.29) is 0 Å². The Hall–Kier alpha value is -0.580. The summed E-state index contributed by atoms with van der Waals surface area (Å²) in [6.07, 6.45) is 0. The Balaban J connectivity index is 3.06. The molecule has 0 bridgehead atoms. The van der Waals surface area contributed by atoms with E-state index in [1.54, 1.807) is 14.2 Å². The molecule has 0 aliphatic carbocycles. The van der Waals surface area contributed by atoms with Crippen molar-refractivity contribution in [2.45, 2.75) is 26.3 Å². The molecular weight excluding hydrogens is 270 g/mol. The fourth-order valence-corrected chi connectivity index (χ4v) is 2.58. The van der Waals surface area contributed by atoms with E-state index in [2.05, 4.69) is 41.3 Å². The molecule has 1 aromatic carbocycles. The Morgan fingerprint density at radius 3 is 2.50 bits per heavy atom. The van der Waals surface area contributed by atoms with Gasteiger partial charge in [0, 0.05) is 16.6 Å². The number of methoxy groups -OCH3 is 1. The minimum Gasteiger partial charge on any atom is -0.496 e. The van der Waals surface area contributed by atoms with Crippen molar-refractivity contribution < 1.29 is 9.57 Å². The third kappa shape index (κ3) is 3.20. The van der Waals surface area contributed by atoms with Crippen LogP contribution in [0, 0.1) is 0 Å². The highest BCUT2D eigenvalue weighted by Gasteiger charge is 2.13. The van der Waals surface area contributed by atoms with E-state index in [4.69, 9.17) is 9.57 Å². The van der Waals surface area contributed by atoms with Crippen LogP contribution in [-0.4, -0.2) is 14.2 Å². The standard InChI is InChI=1S/C12H18BrNO2/c1-8(2)12-10(13)5-9(7-14-16-4)6-11(12)15-3/h5-6,8,14H,7H2,1-4H3. The van der Waals surface area contributed by atoms with E-state index in [9.17, 15) is 0 Å². The normalized spacial score (nSPS) is 10.9. The zero-order valence-corrected chi connectivity index (χ0v) is 11.7. The molecule has 3 nitrogen and oxygen atoms in total. The van der Waals surface area contributed by atoms with Gasteiger partial charge in [-0.25, -0.2) is 0 Å². The van der Waals surface area contributed by atoms with Crippen LogP contribution in [0.5, 0.6) is 5.75 Å². The van der Waals surface area contributed by atoms with Crippen molar-refractivity contribution in [3.05, 3.63) is 27.7 Å². The number of hydrogen-bond donors (Lipinski definition) is 1. The molecule has 0 fully saturated rings. The molecule has 1 aromatic rings. The molecule has 0 spiro atoms. The van der Waals surface area contributed by atoms with Crippen LogP contribution in [0.2, 0.25) is 0 Å². The molecular formula is C12H18BrNO2. The molecule has 1 rings (SSSR count). The lowest BCUT2D eigenvalue weighted by atomic mass is 10.0. The number of rotatable bonds is 5.